The summed E-state index contributed by atoms with van der Waals surface area (Å²) in [7, 11) is 0. The van der Waals surface area contributed by atoms with E-state index in [2.05, 4.69) is 22.9 Å². The van der Waals surface area contributed by atoms with Crippen molar-refractivity contribution < 1.29 is 14.2 Å². The van der Waals surface area contributed by atoms with Crippen molar-refractivity contribution in [2.45, 2.75) is 13.3 Å². The molecule has 126 valence electrons. The zero-order valence-electron chi connectivity index (χ0n) is 14.1. The Labute approximate surface area is 153 Å². The van der Waals surface area contributed by atoms with Crippen LogP contribution in [0.1, 0.15) is 21.7 Å². The van der Waals surface area contributed by atoms with Crippen molar-refractivity contribution in [2.24, 2.45) is 0 Å². The molecule has 2 aromatic heterocycles. The summed E-state index contributed by atoms with van der Waals surface area (Å²) < 4.78 is 4.28. The van der Waals surface area contributed by atoms with Gasteiger partial charge in [0.05, 0.1) is 0 Å². The number of aryl methyl sites for hydroxylation is 1. The molecule has 1 aliphatic heterocycles. The Morgan fingerprint density at radius 2 is 1.73 bits per heavy atom. The van der Waals surface area contributed by atoms with E-state index in [0.29, 0.717) is 5.56 Å². The van der Waals surface area contributed by atoms with Gasteiger partial charge in [0.2, 0.25) is 23.0 Å². The molecule has 0 saturated heterocycles. The van der Waals surface area contributed by atoms with E-state index in [0.717, 1.165) is 37.2 Å². The first kappa shape index (κ1) is 15.2. The number of benzene rings is 2. The highest BCUT2D eigenvalue weighted by molar-refractivity contribution is 7.26. The van der Waals surface area contributed by atoms with Crippen molar-refractivity contribution in [2.75, 3.05) is 0 Å². The molecule has 0 unspecified atom stereocenters. The van der Waals surface area contributed by atoms with Crippen LogP contribution in [0.15, 0.2) is 54.6 Å². The molecule has 0 saturated carbocycles. The van der Waals surface area contributed by atoms with Gasteiger partial charge in [-0.3, -0.25) is 14.9 Å². The smallest absolute Gasteiger partial charge is 0.264 e. The molecule has 1 N–H and O–H groups in total. The van der Waals surface area contributed by atoms with Gasteiger partial charge in [-0.2, -0.15) is 4.57 Å². The highest BCUT2D eigenvalue weighted by atomic mass is 32.1. The molecule has 0 aliphatic carbocycles. The number of carbonyl (C=O) groups excluding carboxylic acids is 2. The van der Waals surface area contributed by atoms with E-state index in [1.807, 2.05) is 48.5 Å². The summed E-state index contributed by atoms with van der Waals surface area (Å²) >= 11 is 1.69. The van der Waals surface area contributed by atoms with Gasteiger partial charge in [0, 0.05) is 34.5 Å². The molecule has 26 heavy (non-hydrogen) atoms. The van der Waals surface area contributed by atoms with E-state index in [1.54, 1.807) is 11.3 Å². The third-order valence-electron chi connectivity index (χ3n) is 4.89. The summed E-state index contributed by atoms with van der Waals surface area (Å²) in [5.41, 5.74) is 3.39. The topological polar surface area (TPSA) is 50.0 Å². The molecule has 3 heterocycles. The maximum atomic E-state index is 12.8. The monoisotopic (exact) mass is 359 g/mol. The van der Waals surface area contributed by atoms with Crippen molar-refractivity contribution in [3.63, 3.8) is 0 Å². The minimum absolute atomic E-state index is 0.191. The third-order valence-corrected chi connectivity index (χ3v) is 6.17. The summed E-state index contributed by atoms with van der Waals surface area (Å²) in [6.07, 6.45) is 0.191. The van der Waals surface area contributed by atoms with Gasteiger partial charge in [0.25, 0.3) is 5.91 Å². The number of aromatic nitrogens is 1. The first-order valence-electron chi connectivity index (χ1n) is 8.43. The van der Waals surface area contributed by atoms with Gasteiger partial charge in [0.15, 0.2) is 0 Å². The van der Waals surface area contributed by atoms with Crippen LogP contribution in [0.3, 0.4) is 0 Å². The van der Waals surface area contributed by atoms with E-state index in [1.165, 1.54) is 0 Å². The number of nitrogens with one attached hydrogen (secondary N) is 1. The van der Waals surface area contributed by atoms with Crippen LogP contribution in [0.5, 0.6) is 0 Å². The predicted molar refractivity (Wildman–Crippen MR) is 102 cm³/mol. The van der Waals surface area contributed by atoms with Crippen LogP contribution < -0.4 is 9.88 Å². The Hall–Kier alpha value is -3.05. The van der Waals surface area contributed by atoms with Gasteiger partial charge >= 0.3 is 0 Å². The number of hydrogen-bond acceptors (Lipinski definition) is 3. The standard InChI is InChI=1S/C21H14N2O2S/c1-12-20-18(14-9-5-6-10-16(14)26-20)19-15(11-17(24)22-21(19)25)23(12)13-7-3-2-4-8-13/h2-10H,11H2,1H3/p+1. The average Bonchev–Trinajstić information content (AvgIpc) is 3.02. The van der Waals surface area contributed by atoms with Crippen molar-refractivity contribution in [3.05, 3.63) is 71.5 Å². The number of amides is 2. The number of fused-ring (bicyclic) bond motifs is 5. The van der Waals surface area contributed by atoms with Crippen molar-refractivity contribution in [1.82, 2.24) is 5.32 Å². The van der Waals surface area contributed by atoms with Crippen LogP contribution in [0.2, 0.25) is 0 Å². The summed E-state index contributed by atoms with van der Waals surface area (Å²) in [4.78, 5) is 24.9. The Kier molecular flexibility index (Phi) is 3.21. The fourth-order valence-corrected chi connectivity index (χ4v) is 5.03. The normalized spacial score (nSPS) is 13.9. The van der Waals surface area contributed by atoms with Gasteiger partial charge in [-0.1, -0.05) is 36.4 Å². The Morgan fingerprint density at radius 3 is 2.54 bits per heavy atom. The fraction of sp³-hybridized carbons (Fsp3) is 0.0952. The van der Waals surface area contributed by atoms with Gasteiger partial charge in [-0.05, 0) is 6.07 Å². The number of nitrogens with zero attached hydrogens (tertiary/aromatic N) is 1. The molecule has 4 nitrogen and oxygen atoms in total. The second-order valence-electron chi connectivity index (χ2n) is 6.43. The summed E-state index contributed by atoms with van der Waals surface area (Å²) in [6.45, 7) is 2.06. The largest absolute Gasteiger partial charge is 0.292 e. The second-order valence-corrected chi connectivity index (χ2v) is 7.49. The van der Waals surface area contributed by atoms with Crippen LogP contribution in [0.25, 0.3) is 25.9 Å². The molecule has 5 rings (SSSR count). The second kappa shape index (κ2) is 5.47. The third kappa shape index (κ3) is 2.04. The summed E-state index contributed by atoms with van der Waals surface area (Å²) in [5.74, 6) is -0.569. The first-order chi connectivity index (χ1) is 12.6. The lowest BCUT2D eigenvalue weighted by Gasteiger charge is -2.17. The molecular weight excluding hydrogens is 344 g/mol. The number of hydrogen-bond donors (Lipinski definition) is 1. The Bertz CT molecular complexity index is 1230. The summed E-state index contributed by atoms with van der Waals surface area (Å²) in [6, 6.07) is 18.0. The van der Waals surface area contributed by atoms with Crippen LogP contribution in [-0.2, 0) is 11.2 Å². The molecule has 5 heteroatoms. The summed E-state index contributed by atoms with van der Waals surface area (Å²) in [5, 5.41) is 4.51. The first-order valence-corrected chi connectivity index (χ1v) is 9.25. The number of rotatable bonds is 1. The number of carbonyl (C=O) groups is 2. The van der Waals surface area contributed by atoms with Gasteiger partial charge in [-0.15, -0.1) is 11.3 Å². The quantitative estimate of drug-likeness (QED) is 0.418. The van der Waals surface area contributed by atoms with E-state index in [4.69, 9.17) is 0 Å². The lowest BCUT2D eigenvalue weighted by molar-refractivity contribution is -0.609. The fourth-order valence-electron chi connectivity index (χ4n) is 3.83. The molecule has 0 fully saturated rings. The van der Waals surface area contributed by atoms with Crippen molar-refractivity contribution in [3.8, 4) is 5.69 Å². The minimum atomic E-state index is -0.311. The van der Waals surface area contributed by atoms with Crippen LogP contribution in [0, 0.1) is 6.92 Å². The molecule has 1 aliphatic rings. The lowest BCUT2D eigenvalue weighted by Crippen LogP contribution is -2.48. The molecule has 0 atom stereocenters. The molecule has 4 aromatic rings. The number of thiophene rings is 1. The number of para-hydroxylation sites is 1. The highest BCUT2D eigenvalue weighted by Crippen LogP contribution is 2.38. The zero-order valence-corrected chi connectivity index (χ0v) is 14.9. The molecular formula is C21H15N2O2S+. The molecule has 0 radical (unpaired) electrons. The maximum absolute atomic E-state index is 12.8. The van der Waals surface area contributed by atoms with Crippen LogP contribution in [0.4, 0.5) is 0 Å². The zero-order chi connectivity index (χ0) is 17.8. The minimum Gasteiger partial charge on any atom is -0.292 e. The number of pyridine rings is 1. The molecule has 2 amide bonds. The lowest BCUT2D eigenvalue weighted by atomic mass is 9.97. The highest BCUT2D eigenvalue weighted by Gasteiger charge is 2.37. The number of imide groups is 1. The average molecular weight is 359 g/mol. The molecule has 2 aromatic carbocycles. The van der Waals surface area contributed by atoms with Gasteiger partial charge in [-0.25, -0.2) is 0 Å². The molecule has 0 bridgehead atoms. The predicted octanol–water partition coefficient (Wildman–Crippen LogP) is 3.45. The van der Waals surface area contributed by atoms with E-state index in [9.17, 15) is 9.59 Å². The van der Waals surface area contributed by atoms with E-state index >= 15 is 0 Å². The maximum Gasteiger partial charge on any atom is 0.264 e. The Morgan fingerprint density at radius 1 is 1.00 bits per heavy atom. The van der Waals surface area contributed by atoms with Gasteiger partial charge < -0.3 is 0 Å². The molecule has 0 spiro atoms. The van der Waals surface area contributed by atoms with Crippen molar-refractivity contribution >= 4 is 43.3 Å². The van der Waals surface area contributed by atoms with Crippen LogP contribution >= 0.6 is 11.3 Å². The van der Waals surface area contributed by atoms with Crippen molar-refractivity contribution in [1.29, 1.82) is 0 Å². The van der Waals surface area contributed by atoms with Crippen LogP contribution in [-0.4, -0.2) is 11.8 Å². The van der Waals surface area contributed by atoms with E-state index < -0.39 is 0 Å². The van der Waals surface area contributed by atoms with E-state index in [-0.39, 0.29) is 18.2 Å². The van der Waals surface area contributed by atoms with Gasteiger partial charge in [0.1, 0.15) is 16.7 Å². The Balaban J connectivity index is 2.02. The SMILES string of the molecule is Cc1c2sc3ccccc3c2c2c([n+]1-c1ccccc1)CC(=O)NC2=O.